The first-order chi connectivity index (χ1) is 9.36. The summed E-state index contributed by atoms with van der Waals surface area (Å²) in [5, 5.41) is 0. The highest BCUT2D eigenvalue weighted by Gasteiger charge is 2.39. The largest absolute Gasteiger partial charge is 0.496 e. The Morgan fingerprint density at radius 3 is 2.40 bits per heavy atom. The second-order valence-electron chi connectivity index (χ2n) is 3.84. The summed E-state index contributed by atoms with van der Waals surface area (Å²) < 4.78 is 70.7. The minimum absolute atomic E-state index is 0.508. The number of hydrogen-bond donors (Lipinski definition) is 0. The Morgan fingerprint density at radius 2 is 1.80 bits per heavy atom. The fourth-order valence-electron chi connectivity index (χ4n) is 1.78. The van der Waals surface area contributed by atoms with Crippen molar-refractivity contribution in [3.8, 4) is 17.0 Å². The Kier molecular flexibility index (Phi) is 3.61. The van der Waals surface area contributed by atoms with Gasteiger partial charge in [-0.3, -0.25) is 4.98 Å². The molecule has 0 fully saturated rings. The van der Waals surface area contributed by atoms with Crippen LogP contribution in [0, 0.1) is 11.6 Å². The molecule has 0 atom stereocenters. The number of pyridine rings is 1. The topological polar surface area (TPSA) is 22.1 Å². The molecule has 0 N–H and O–H groups in total. The number of hydrogen-bond acceptors (Lipinski definition) is 2. The molecular weight excluding hydrogens is 281 g/mol. The van der Waals surface area contributed by atoms with Gasteiger partial charge >= 0.3 is 6.18 Å². The van der Waals surface area contributed by atoms with Gasteiger partial charge in [0.1, 0.15) is 11.3 Å². The molecule has 0 saturated carbocycles. The first kappa shape index (κ1) is 14.2. The Balaban J connectivity index is 2.78. The van der Waals surface area contributed by atoms with Crippen molar-refractivity contribution < 1.29 is 26.7 Å². The SMILES string of the molecule is COc1ccnc(-c2cccc(F)c2F)c1C(F)(F)F. The molecule has 0 saturated heterocycles. The maximum absolute atomic E-state index is 13.7. The number of benzene rings is 1. The lowest BCUT2D eigenvalue weighted by molar-refractivity contribution is -0.138. The van der Waals surface area contributed by atoms with Crippen molar-refractivity contribution in [1.82, 2.24) is 4.98 Å². The minimum Gasteiger partial charge on any atom is -0.496 e. The van der Waals surface area contributed by atoms with E-state index in [1.54, 1.807) is 0 Å². The molecule has 20 heavy (non-hydrogen) atoms. The number of halogens is 5. The van der Waals surface area contributed by atoms with E-state index in [-0.39, 0.29) is 0 Å². The lowest BCUT2D eigenvalue weighted by Gasteiger charge is -2.16. The molecule has 0 radical (unpaired) electrons. The van der Waals surface area contributed by atoms with Gasteiger partial charge in [-0.2, -0.15) is 13.2 Å². The van der Waals surface area contributed by atoms with Crippen LogP contribution in [0.4, 0.5) is 22.0 Å². The first-order valence-electron chi connectivity index (χ1n) is 5.41. The number of aromatic nitrogens is 1. The summed E-state index contributed by atoms with van der Waals surface area (Å²) in [4.78, 5) is 3.52. The highest BCUT2D eigenvalue weighted by Crippen LogP contribution is 2.42. The zero-order valence-corrected chi connectivity index (χ0v) is 10.1. The van der Waals surface area contributed by atoms with E-state index < -0.39 is 40.4 Å². The standard InChI is InChI=1S/C13H8F5NO/c1-20-9-5-6-19-12(10(9)13(16,17)18)7-3-2-4-8(14)11(7)15/h2-6H,1H3. The van der Waals surface area contributed by atoms with E-state index in [2.05, 4.69) is 9.72 Å². The number of ether oxygens (including phenoxy) is 1. The highest BCUT2D eigenvalue weighted by atomic mass is 19.4. The lowest BCUT2D eigenvalue weighted by Crippen LogP contribution is -2.11. The molecule has 0 unspecified atom stereocenters. The molecule has 0 spiro atoms. The monoisotopic (exact) mass is 289 g/mol. The van der Waals surface area contributed by atoms with E-state index in [4.69, 9.17) is 0 Å². The van der Waals surface area contributed by atoms with Gasteiger partial charge in [-0.25, -0.2) is 8.78 Å². The average molecular weight is 289 g/mol. The highest BCUT2D eigenvalue weighted by molar-refractivity contribution is 5.67. The predicted molar refractivity (Wildman–Crippen MR) is 61.1 cm³/mol. The quantitative estimate of drug-likeness (QED) is 0.778. The molecule has 2 rings (SSSR count). The van der Waals surface area contributed by atoms with Gasteiger partial charge < -0.3 is 4.74 Å². The van der Waals surface area contributed by atoms with Crippen LogP contribution in [0.1, 0.15) is 5.56 Å². The Bertz CT molecular complexity index is 639. The van der Waals surface area contributed by atoms with Crippen LogP contribution in [-0.4, -0.2) is 12.1 Å². The van der Waals surface area contributed by atoms with Crippen LogP contribution in [0.3, 0.4) is 0 Å². The molecular formula is C13H8F5NO. The van der Waals surface area contributed by atoms with Crippen molar-refractivity contribution in [3.63, 3.8) is 0 Å². The average Bonchev–Trinajstić information content (AvgIpc) is 2.40. The van der Waals surface area contributed by atoms with Gasteiger partial charge in [0.25, 0.3) is 0 Å². The summed E-state index contributed by atoms with van der Waals surface area (Å²) in [5.74, 6) is -3.15. The normalized spacial score (nSPS) is 11.5. The third-order valence-electron chi connectivity index (χ3n) is 2.62. The zero-order valence-electron chi connectivity index (χ0n) is 10.1. The second kappa shape index (κ2) is 5.07. The van der Waals surface area contributed by atoms with E-state index in [9.17, 15) is 22.0 Å². The molecule has 0 aliphatic rings. The number of nitrogens with zero attached hydrogens (tertiary/aromatic N) is 1. The van der Waals surface area contributed by atoms with E-state index in [1.165, 1.54) is 0 Å². The third-order valence-corrected chi connectivity index (χ3v) is 2.62. The Hall–Kier alpha value is -2.18. The second-order valence-corrected chi connectivity index (χ2v) is 3.84. The first-order valence-corrected chi connectivity index (χ1v) is 5.41. The van der Waals surface area contributed by atoms with E-state index >= 15 is 0 Å². The van der Waals surface area contributed by atoms with Crippen LogP contribution in [0.2, 0.25) is 0 Å². The van der Waals surface area contributed by atoms with Gasteiger partial charge in [-0.1, -0.05) is 6.07 Å². The predicted octanol–water partition coefficient (Wildman–Crippen LogP) is 4.05. The molecule has 106 valence electrons. The van der Waals surface area contributed by atoms with E-state index in [0.717, 1.165) is 37.6 Å². The van der Waals surface area contributed by atoms with Gasteiger partial charge in [0, 0.05) is 11.8 Å². The molecule has 1 aromatic carbocycles. The summed E-state index contributed by atoms with van der Waals surface area (Å²) in [6.45, 7) is 0. The molecule has 1 aromatic heterocycles. The molecule has 0 bridgehead atoms. The van der Waals surface area contributed by atoms with Crippen LogP contribution in [-0.2, 0) is 6.18 Å². The Labute approximate surface area is 110 Å². The fourth-order valence-corrected chi connectivity index (χ4v) is 1.78. The fraction of sp³-hybridized carbons (Fsp3) is 0.154. The van der Waals surface area contributed by atoms with Crippen LogP contribution >= 0.6 is 0 Å². The van der Waals surface area contributed by atoms with Crippen LogP contribution in [0.15, 0.2) is 30.5 Å². The molecule has 0 aliphatic heterocycles. The van der Waals surface area contributed by atoms with Crippen LogP contribution in [0.5, 0.6) is 5.75 Å². The Morgan fingerprint density at radius 1 is 1.10 bits per heavy atom. The molecule has 2 nitrogen and oxygen atoms in total. The summed E-state index contributed by atoms with van der Waals surface area (Å²) in [6, 6.07) is 3.94. The number of alkyl halides is 3. The van der Waals surface area contributed by atoms with Crippen molar-refractivity contribution in [2.24, 2.45) is 0 Å². The lowest BCUT2D eigenvalue weighted by atomic mass is 10.0. The maximum Gasteiger partial charge on any atom is 0.422 e. The molecule has 0 aliphatic carbocycles. The molecule has 2 aromatic rings. The molecule has 7 heteroatoms. The van der Waals surface area contributed by atoms with Gasteiger partial charge in [0.2, 0.25) is 0 Å². The van der Waals surface area contributed by atoms with Gasteiger partial charge in [0.05, 0.1) is 12.8 Å². The summed E-state index contributed by atoms with van der Waals surface area (Å²) in [6.07, 6.45) is -3.78. The third kappa shape index (κ3) is 2.43. The zero-order chi connectivity index (χ0) is 14.9. The summed E-state index contributed by atoms with van der Waals surface area (Å²) in [7, 11) is 1.05. The maximum atomic E-state index is 13.7. The van der Waals surface area contributed by atoms with Gasteiger partial charge in [-0.05, 0) is 18.2 Å². The summed E-state index contributed by atoms with van der Waals surface area (Å²) >= 11 is 0. The van der Waals surface area contributed by atoms with E-state index in [0.29, 0.717) is 0 Å². The molecule has 1 heterocycles. The van der Waals surface area contributed by atoms with Crippen molar-refractivity contribution in [2.45, 2.75) is 6.18 Å². The molecule has 0 amide bonds. The van der Waals surface area contributed by atoms with Crippen LogP contribution < -0.4 is 4.74 Å². The van der Waals surface area contributed by atoms with Crippen molar-refractivity contribution in [1.29, 1.82) is 0 Å². The van der Waals surface area contributed by atoms with Crippen LogP contribution in [0.25, 0.3) is 11.3 Å². The van der Waals surface area contributed by atoms with E-state index in [1.807, 2.05) is 0 Å². The van der Waals surface area contributed by atoms with Gasteiger partial charge in [0.15, 0.2) is 11.6 Å². The van der Waals surface area contributed by atoms with Crippen molar-refractivity contribution >= 4 is 0 Å². The number of methoxy groups -OCH3 is 1. The minimum atomic E-state index is -4.81. The smallest absolute Gasteiger partial charge is 0.422 e. The van der Waals surface area contributed by atoms with Crippen molar-refractivity contribution in [3.05, 3.63) is 47.7 Å². The number of rotatable bonds is 2. The van der Waals surface area contributed by atoms with Crippen molar-refractivity contribution in [2.75, 3.05) is 7.11 Å². The van der Waals surface area contributed by atoms with Gasteiger partial charge in [-0.15, -0.1) is 0 Å². The summed E-state index contributed by atoms with van der Waals surface area (Å²) in [5.41, 5.74) is -2.53.